The molecule has 5 nitrogen and oxygen atoms in total. The maximum Gasteiger partial charge on any atom is 0.267 e. The number of hydrogen-bond donors (Lipinski definition) is 0. The molecule has 3 heterocycles. The summed E-state index contributed by atoms with van der Waals surface area (Å²) < 4.78 is 3.69. The molecule has 0 spiro atoms. The normalized spacial score (nSPS) is 12.0. The van der Waals surface area contributed by atoms with Crippen LogP contribution < -0.4 is 5.56 Å². The number of aryl methyl sites for hydroxylation is 1. The Morgan fingerprint density at radius 1 is 0.741 bits per heavy atom. The van der Waals surface area contributed by atoms with Crippen LogP contribution in [-0.4, -0.2) is 18.8 Å². The summed E-state index contributed by atoms with van der Waals surface area (Å²) in [6.45, 7) is 1.98. The van der Waals surface area contributed by atoms with Gasteiger partial charge in [-0.25, -0.2) is 14.4 Å². The molecule has 0 aliphatic carbocycles. The molecule has 6 rings (SSSR count). The van der Waals surface area contributed by atoms with Gasteiger partial charge in [0.1, 0.15) is 5.65 Å². The molecule has 3 aromatic heterocycles. The first kappa shape index (κ1) is 14.4. The number of imidazole rings is 1. The van der Waals surface area contributed by atoms with Crippen LogP contribution >= 0.6 is 0 Å². The van der Waals surface area contributed by atoms with Gasteiger partial charge in [0.25, 0.3) is 5.56 Å². The first-order valence-corrected chi connectivity index (χ1v) is 8.83. The largest absolute Gasteiger partial charge is 0.268 e. The smallest absolute Gasteiger partial charge is 0.267 e. The van der Waals surface area contributed by atoms with Crippen molar-refractivity contribution in [2.24, 2.45) is 0 Å². The lowest BCUT2D eigenvalue weighted by Gasteiger charge is -2.11. The molecule has 27 heavy (non-hydrogen) atoms. The zero-order chi connectivity index (χ0) is 18.1. The lowest BCUT2D eigenvalue weighted by atomic mass is 10.1. The number of aromatic nitrogens is 4. The molecule has 5 heteroatoms. The van der Waals surface area contributed by atoms with Gasteiger partial charge < -0.3 is 0 Å². The molecule has 0 N–H and O–H groups in total. The van der Waals surface area contributed by atoms with Gasteiger partial charge in [-0.05, 0) is 43.3 Å². The maximum atomic E-state index is 13.4. The zero-order valence-electron chi connectivity index (χ0n) is 14.5. The molecule has 0 aliphatic heterocycles. The molecule has 0 fully saturated rings. The molecule has 0 saturated carbocycles. The van der Waals surface area contributed by atoms with Gasteiger partial charge in [-0.2, -0.15) is 0 Å². The molecule has 128 valence electrons. The van der Waals surface area contributed by atoms with Crippen molar-refractivity contribution in [3.8, 4) is 0 Å². The second kappa shape index (κ2) is 4.92. The predicted molar refractivity (Wildman–Crippen MR) is 107 cm³/mol. The van der Waals surface area contributed by atoms with Crippen LogP contribution in [0.3, 0.4) is 0 Å². The van der Waals surface area contributed by atoms with E-state index in [2.05, 4.69) is 0 Å². The summed E-state index contributed by atoms with van der Waals surface area (Å²) >= 11 is 0. The fourth-order valence-electron chi connectivity index (χ4n) is 3.92. The minimum atomic E-state index is -0.0606. The van der Waals surface area contributed by atoms with Gasteiger partial charge in [-0.1, -0.05) is 35.9 Å². The molecule has 0 radical (unpaired) electrons. The second-order valence-corrected chi connectivity index (χ2v) is 6.85. The summed E-state index contributed by atoms with van der Waals surface area (Å²) in [5.74, 6) is 0.582. The highest BCUT2D eigenvalue weighted by Gasteiger charge is 2.16. The van der Waals surface area contributed by atoms with Crippen molar-refractivity contribution < 1.29 is 0 Å². The number of benzene rings is 3. The molecule has 0 saturated heterocycles. The standard InChI is InChI=1S/C22H14N4O/c1-13-10-11-16-15(12-13)21(27)26-18-8-4-2-6-14(18)20-23-17-7-3-5-9-19(17)25(20)22(26)24-16/h2-12H,1H3. The van der Waals surface area contributed by atoms with Gasteiger partial charge in [0, 0.05) is 5.39 Å². The van der Waals surface area contributed by atoms with Crippen LogP contribution in [0.25, 0.3) is 44.3 Å². The topological polar surface area (TPSA) is 51.7 Å². The van der Waals surface area contributed by atoms with Crippen molar-refractivity contribution in [1.82, 2.24) is 18.8 Å². The summed E-state index contributed by atoms with van der Waals surface area (Å²) in [7, 11) is 0. The molecule has 0 amide bonds. The van der Waals surface area contributed by atoms with Crippen molar-refractivity contribution in [2.45, 2.75) is 6.92 Å². The highest BCUT2D eigenvalue weighted by atomic mass is 16.1. The molecular formula is C22H14N4O. The van der Waals surface area contributed by atoms with E-state index in [0.717, 1.165) is 33.1 Å². The molecular weight excluding hydrogens is 336 g/mol. The number of nitrogens with zero attached hydrogens (tertiary/aromatic N) is 4. The summed E-state index contributed by atoms with van der Waals surface area (Å²) in [6.07, 6.45) is 0. The van der Waals surface area contributed by atoms with E-state index in [0.29, 0.717) is 16.7 Å². The molecule has 0 atom stereocenters. The van der Waals surface area contributed by atoms with Gasteiger partial charge in [-0.3, -0.25) is 9.20 Å². The Hall–Kier alpha value is -3.73. The average molecular weight is 350 g/mol. The Kier molecular flexibility index (Phi) is 2.63. The van der Waals surface area contributed by atoms with Crippen LogP contribution in [0.2, 0.25) is 0 Å². The fourth-order valence-corrected chi connectivity index (χ4v) is 3.92. The van der Waals surface area contributed by atoms with E-state index in [4.69, 9.17) is 9.97 Å². The van der Waals surface area contributed by atoms with E-state index in [9.17, 15) is 4.79 Å². The Labute approximate surface area is 153 Å². The minimum Gasteiger partial charge on any atom is -0.268 e. The SMILES string of the molecule is Cc1ccc2nc3n(c(=O)c2c1)c1ccccc1c1nc2ccccc2n13. The summed E-state index contributed by atoms with van der Waals surface area (Å²) in [5.41, 5.74) is 5.12. The number of hydrogen-bond acceptors (Lipinski definition) is 3. The molecule has 0 bridgehead atoms. The van der Waals surface area contributed by atoms with E-state index in [1.807, 2.05) is 78.1 Å². The van der Waals surface area contributed by atoms with Gasteiger partial charge in [0.05, 0.1) is 27.5 Å². The molecule has 3 aromatic carbocycles. The first-order valence-electron chi connectivity index (χ1n) is 8.83. The average Bonchev–Trinajstić information content (AvgIpc) is 3.09. The van der Waals surface area contributed by atoms with Crippen LogP contribution in [0.4, 0.5) is 0 Å². The van der Waals surface area contributed by atoms with Crippen molar-refractivity contribution in [3.63, 3.8) is 0 Å². The highest BCUT2D eigenvalue weighted by molar-refractivity contribution is 5.99. The maximum absolute atomic E-state index is 13.4. The van der Waals surface area contributed by atoms with Crippen LogP contribution in [0.15, 0.2) is 71.5 Å². The number of para-hydroxylation sites is 3. The minimum absolute atomic E-state index is 0.0606. The van der Waals surface area contributed by atoms with Crippen molar-refractivity contribution >= 4 is 44.3 Å². The third kappa shape index (κ3) is 1.80. The Morgan fingerprint density at radius 2 is 1.52 bits per heavy atom. The van der Waals surface area contributed by atoms with Crippen LogP contribution in [0.5, 0.6) is 0 Å². The fraction of sp³-hybridized carbons (Fsp3) is 0.0455. The van der Waals surface area contributed by atoms with E-state index in [-0.39, 0.29) is 5.56 Å². The predicted octanol–water partition coefficient (Wildman–Crippen LogP) is 4.11. The Balaban J connectivity index is 2.05. The Morgan fingerprint density at radius 3 is 2.41 bits per heavy atom. The lowest BCUT2D eigenvalue weighted by molar-refractivity contribution is 1.05. The third-order valence-electron chi connectivity index (χ3n) is 5.15. The quantitative estimate of drug-likeness (QED) is 0.306. The van der Waals surface area contributed by atoms with Crippen LogP contribution in [-0.2, 0) is 0 Å². The summed E-state index contributed by atoms with van der Waals surface area (Å²) in [6, 6.07) is 21.6. The monoisotopic (exact) mass is 350 g/mol. The lowest BCUT2D eigenvalue weighted by Crippen LogP contribution is -2.18. The summed E-state index contributed by atoms with van der Waals surface area (Å²) in [4.78, 5) is 23.1. The number of rotatable bonds is 0. The van der Waals surface area contributed by atoms with Crippen molar-refractivity contribution in [1.29, 1.82) is 0 Å². The van der Waals surface area contributed by atoms with E-state index in [1.54, 1.807) is 4.40 Å². The van der Waals surface area contributed by atoms with E-state index in [1.165, 1.54) is 0 Å². The molecule has 0 unspecified atom stereocenters. The second-order valence-electron chi connectivity index (χ2n) is 6.85. The Bertz CT molecular complexity index is 1610. The van der Waals surface area contributed by atoms with Gasteiger partial charge >= 0.3 is 0 Å². The van der Waals surface area contributed by atoms with Gasteiger partial charge in [-0.15, -0.1) is 0 Å². The molecule has 0 aliphatic rings. The summed E-state index contributed by atoms with van der Waals surface area (Å²) in [5, 5.41) is 1.55. The first-order chi connectivity index (χ1) is 13.2. The highest BCUT2D eigenvalue weighted by Crippen LogP contribution is 2.26. The third-order valence-corrected chi connectivity index (χ3v) is 5.15. The number of fused-ring (bicyclic) bond motifs is 9. The van der Waals surface area contributed by atoms with Gasteiger partial charge in [0.15, 0.2) is 0 Å². The van der Waals surface area contributed by atoms with Crippen molar-refractivity contribution in [3.05, 3.63) is 82.6 Å². The van der Waals surface area contributed by atoms with Crippen LogP contribution in [0.1, 0.15) is 5.56 Å². The van der Waals surface area contributed by atoms with Crippen molar-refractivity contribution in [2.75, 3.05) is 0 Å². The van der Waals surface area contributed by atoms with Crippen LogP contribution in [0, 0.1) is 6.92 Å². The molecule has 6 aromatic rings. The van der Waals surface area contributed by atoms with Gasteiger partial charge in [0.2, 0.25) is 5.78 Å². The van der Waals surface area contributed by atoms with E-state index < -0.39 is 0 Å². The zero-order valence-corrected chi connectivity index (χ0v) is 14.5. The van der Waals surface area contributed by atoms with E-state index >= 15 is 0 Å².